The Hall–Kier alpha value is -3.23. The zero-order chi connectivity index (χ0) is 18.9. The van der Waals surface area contributed by atoms with Gasteiger partial charge in [0.25, 0.3) is 5.91 Å². The second-order valence-electron chi connectivity index (χ2n) is 5.19. The molecule has 2 aromatic rings. The fourth-order valence-electron chi connectivity index (χ4n) is 2.43. The number of ether oxygens (including phenoxy) is 5. The van der Waals surface area contributed by atoms with Gasteiger partial charge in [0.15, 0.2) is 23.0 Å². The molecule has 0 saturated heterocycles. The van der Waals surface area contributed by atoms with E-state index in [1.54, 1.807) is 0 Å². The average molecular weight is 367 g/mol. The number of methoxy groups -OCH3 is 3. The second kappa shape index (κ2) is 6.58. The minimum absolute atomic E-state index is 0.114. The lowest BCUT2D eigenvalue weighted by atomic mass is 10.1. The van der Waals surface area contributed by atoms with Gasteiger partial charge in [-0.1, -0.05) is 0 Å². The number of anilines is 1. The summed E-state index contributed by atoms with van der Waals surface area (Å²) in [6.45, 7) is 0. The second-order valence-corrected chi connectivity index (χ2v) is 5.19. The Morgan fingerprint density at radius 1 is 0.923 bits per heavy atom. The Kier molecular flexibility index (Phi) is 4.45. The van der Waals surface area contributed by atoms with Crippen LogP contribution in [0.1, 0.15) is 10.4 Å². The molecule has 2 aromatic carbocycles. The van der Waals surface area contributed by atoms with Crippen molar-refractivity contribution >= 4 is 11.6 Å². The molecule has 138 valence electrons. The number of rotatable bonds is 5. The summed E-state index contributed by atoms with van der Waals surface area (Å²) >= 11 is 0. The maximum absolute atomic E-state index is 13.1. The lowest BCUT2D eigenvalue weighted by Crippen LogP contribution is -2.25. The molecule has 1 aliphatic rings. The fraction of sp³-hybridized carbons (Fsp3) is 0.235. The van der Waals surface area contributed by atoms with E-state index in [1.165, 1.54) is 51.7 Å². The van der Waals surface area contributed by atoms with Crippen molar-refractivity contribution in [3.05, 3.63) is 35.9 Å². The van der Waals surface area contributed by atoms with Crippen molar-refractivity contribution in [3.63, 3.8) is 0 Å². The molecule has 0 spiro atoms. The third-order valence-electron chi connectivity index (χ3n) is 3.61. The highest BCUT2D eigenvalue weighted by Gasteiger charge is 2.43. The molecular weight excluding hydrogens is 352 g/mol. The summed E-state index contributed by atoms with van der Waals surface area (Å²) in [7, 11) is 4.30. The number of fused-ring (bicyclic) bond motifs is 1. The minimum Gasteiger partial charge on any atom is -0.496 e. The van der Waals surface area contributed by atoms with Gasteiger partial charge in [0, 0.05) is 23.9 Å². The van der Waals surface area contributed by atoms with Gasteiger partial charge in [-0.15, -0.1) is 8.78 Å². The Bertz CT molecular complexity index is 855. The fourth-order valence-corrected chi connectivity index (χ4v) is 2.43. The summed E-state index contributed by atoms with van der Waals surface area (Å²) in [6.07, 6.45) is -3.72. The van der Waals surface area contributed by atoms with Crippen LogP contribution in [0.4, 0.5) is 14.5 Å². The van der Waals surface area contributed by atoms with Gasteiger partial charge in [0.2, 0.25) is 0 Å². The standard InChI is InChI=1S/C17H15F2NO6/c1-22-12-8-14(24-3)13(23-2)7-10(12)16(21)20-9-4-5-11-15(6-9)26-17(18,19)25-11/h4-8H,1-3H3,(H,20,21). The summed E-state index contributed by atoms with van der Waals surface area (Å²) in [6, 6.07) is 6.88. The van der Waals surface area contributed by atoms with Crippen LogP contribution in [-0.2, 0) is 0 Å². The van der Waals surface area contributed by atoms with E-state index in [2.05, 4.69) is 14.8 Å². The van der Waals surface area contributed by atoms with E-state index in [4.69, 9.17) is 14.2 Å². The third kappa shape index (κ3) is 3.28. The number of nitrogens with one attached hydrogen (secondary N) is 1. The first-order valence-corrected chi connectivity index (χ1v) is 7.38. The first kappa shape index (κ1) is 17.6. The SMILES string of the molecule is COc1cc(OC)c(C(=O)Nc2ccc3c(c2)OC(F)(F)O3)cc1OC. The lowest BCUT2D eigenvalue weighted by Gasteiger charge is -2.14. The number of benzene rings is 2. The zero-order valence-corrected chi connectivity index (χ0v) is 14.1. The summed E-state index contributed by atoms with van der Waals surface area (Å²) in [5.41, 5.74) is 0.417. The van der Waals surface area contributed by atoms with E-state index in [1.807, 2.05) is 0 Å². The van der Waals surface area contributed by atoms with Crippen molar-refractivity contribution in [3.8, 4) is 28.7 Å². The van der Waals surface area contributed by atoms with E-state index < -0.39 is 12.2 Å². The number of halogens is 2. The normalized spacial score (nSPS) is 13.9. The van der Waals surface area contributed by atoms with Crippen LogP contribution in [0, 0.1) is 0 Å². The van der Waals surface area contributed by atoms with Crippen molar-refractivity contribution in [2.45, 2.75) is 6.29 Å². The largest absolute Gasteiger partial charge is 0.586 e. The van der Waals surface area contributed by atoms with Gasteiger partial charge in [0.05, 0.1) is 26.9 Å². The van der Waals surface area contributed by atoms with Gasteiger partial charge in [-0.3, -0.25) is 4.79 Å². The van der Waals surface area contributed by atoms with Gasteiger partial charge in [0.1, 0.15) is 5.75 Å². The first-order valence-electron chi connectivity index (χ1n) is 7.38. The molecule has 1 heterocycles. The van der Waals surface area contributed by atoms with Gasteiger partial charge in [-0.25, -0.2) is 0 Å². The molecule has 7 nitrogen and oxygen atoms in total. The van der Waals surface area contributed by atoms with Crippen LogP contribution < -0.4 is 29.0 Å². The topological polar surface area (TPSA) is 75.3 Å². The average Bonchev–Trinajstić information content (AvgIpc) is 2.93. The zero-order valence-electron chi connectivity index (χ0n) is 14.1. The van der Waals surface area contributed by atoms with Crippen LogP contribution in [-0.4, -0.2) is 33.5 Å². The molecule has 0 fully saturated rings. The molecule has 1 aliphatic heterocycles. The predicted molar refractivity (Wildman–Crippen MR) is 86.7 cm³/mol. The molecule has 26 heavy (non-hydrogen) atoms. The van der Waals surface area contributed by atoms with E-state index in [9.17, 15) is 13.6 Å². The first-order chi connectivity index (χ1) is 12.4. The highest BCUT2D eigenvalue weighted by atomic mass is 19.3. The predicted octanol–water partition coefficient (Wildman–Crippen LogP) is 3.29. The van der Waals surface area contributed by atoms with Crippen LogP contribution in [0.15, 0.2) is 30.3 Å². The van der Waals surface area contributed by atoms with Crippen LogP contribution in [0.25, 0.3) is 0 Å². The molecular formula is C17H15F2NO6. The number of alkyl halides is 2. The molecule has 0 radical (unpaired) electrons. The highest BCUT2D eigenvalue weighted by molar-refractivity contribution is 6.06. The molecule has 0 atom stereocenters. The van der Waals surface area contributed by atoms with Gasteiger partial charge in [-0.2, -0.15) is 0 Å². The van der Waals surface area contributed by atoms with Crippen LogP contribution in [0.2, 0.25) is 0 Å². The number of carbonyl (C=O) groups excluding carboxylic acids is 1. The van der Waals surface area contributed by atoms with Crippen molar-refractivity contribution in [2.24, 2.45) is 0 Å². The maximum Gasteiger partial charge on any atom is 0.586 e. The van der Waals surface area contributed by atoms with Crippen molar-refractivity contribution in [1.82, 2.24) is 0 Å². The minimum atomic E-state index is -3.72. The van der Waals surface area contributed by atoms with Crippen LogP contribution >= 0.6 is 0 Å². The summed E-state index contributed by atoms with van der Waals surface area (Å²) in [4.78, 5) is 12.6. The van der Waals surface area contributed by atoms with Crippen molar-refractivity contribution in [1.29, 1.82) is 0 Å². The van der Waals surface area contributed by atoms with Crippen molar-refractivity contribution < 1.29 is 37.3 Å². The van der Waals surface area contributed by atoms with E-state index in [0.717, 1.165) is 0 Å². The van der Waals surface area contributed by atoms with Crippen LogP contribution in [0.5, 0.6) is 28.7 Å². The van der Waals surface area contributed by atoms with Gasteiger partial charge >= 0.3 is 6.29 Å². The molecule has 0 aliphatic carbocycles. The molecule has 0 aromatic heterocycles. The molecule has 3 rings (SSSR count). The summed E-state index contributed by atoms with van der Waals surface area (Å²) in [5.74, 6) is 0.166. The number of amides is 1. The Morgan fingerprint density at radius 2 is 1.54 bits per heavy atom. The number of carbonyl (C=O) groups is 1. The van der Waals surface area contributed by atoms with Gasteiger partial charge in [-0.05, 0) is 12.1 Å². The molecule has 0 bridgehead atoms. The summed E-state index contributed by atoms with van der Waals surface area (Å²) < 4.78 is 50.4. The van der Waals surface area contributed by atoms with Gasteiger partial charge < -0.3 is 29.0 Å². The van der Waals surface area contributed by atoms with Crippen molar-refractivity contribution in [2.75, 3.05) is 26.6 Å². The monoisotopic (exact) mass is 367 g/mol. The van der Waals surface area contributed by atoms with E-state index in [0.29, 0.717) is 11.5 Å². The molecule has 1 N–H and O–H groups in total. The van der Waals surface area contributed by atoms with E-state index >= 15 is 0 Å². The number of hydrogen-bond acceptors (Lipinski definition) is 6. The maximum atomic E-state index is 13.1. The third-order valence-corrected chi connectivity index (χ3v) is 3.61. The molecule has 0 saturated carbocycles. The molecule has 1 amide bonds. The Morgan fingerprint density at radius 3 is 2.19 bits per heavy atom. The Balaban J connectivity index is 1.87. The quantitative estimate of drug-likeness (QED) is 0.874. The van der Waals surface area contributed by atoms with E-state index in [-0.39, 0.29) is 28.5 Å². The number of hydrogen-bond donors (Lipinski definition) is 1. The van der Waals surface area contributed by atoms with Crippen LogP contribution in [0.3, 0.4) is 0 Å². The molecule has 0 unspecified atom stereocenters. The Labute approximate surface area is 147 Å². The molecule has 9 heteroatoms. The lowest BCUT2D eigenvalue weighted by molar-refractivity contribution is -0.286. The highest BCUT2D eigenvalue weighted by Crippen LogP contribution is 2.42. The summed E-state index contributed by atoms with van der Waals surface area (Å²) in [5, 5.41) is 2.58. The smallest absolute Gasteiger partial charge is 0.496 e.